The van der Waals surface area contributed by atoms with Crippen molar-refractivity contribution in [2.24, 2.45) is 0 Å². The summed E-state index contributed by atoms with van der Waals surface area (Å²) in [5.41, 5.74) is 1.63. The second-order valence-electron chi connectivity index (χ2n) is 4.18. The van der Waals surface area contributed by atoms with Gasteiger partial charge in [-0.3, -0.25) is 9.78 Å². The van der Waals surface area contributed by atoms with Crippen LogP contribution in [-0.2, 0) is 0 Å². The molecule has 0 amide bonds. The van der Waals surface area contributed by atoms with Crippen LogP contribution in [0.25, 0.3) is 11.1 Å². The van der Waals surface area contributed by atoms with Gasteiger partial charge in [-0.2, -0.15) is 0 Å². The highest BCUT2D eigenvalue weighted by Crippen LogP contribution is 2.20. The Morgan fingerprint density at radius 2 is 2.00 bits per heavy atom. The maximum atomic E-state index is 13.1. The van der Waals surface area contributed by atoms with Gasteiger partial charge in [0.1, 0.15) is 5.82 Å². The predicted octanol–water partition coefficient (Wildman–Crippen LogP) is 3.10. The summed E-state index contributed by atoms with van der Waals surface area (Å²) in [6.07, 6.45) is 0. The average molecular weight is 383 g/mol. The molecule has 0 radical (unpaired) electrons. The van der Waals surface area contributed by atoms with Crippen LogP contribution in [-0.4, -0.2) is 10.8 Å². The van der Waals surface area contributed by atoms with E-state index in [1.165, 1.54) is 24.3 Å². The van der Waals surface area contributed by atoms with Gasteiger partial charge in [0.05, 0.1) is 5.52 Å². The lowest BCUT2D eigenvalue weighted by molar-refractivity contribution is 0.103. The SMILES string of the molecule is O=C(c1ccc2[nH]c(=O)oc2c1)c1ccc(F)cc1I. The van der Waals surface area contributed by atoms with Crippen LogP contribution < -0.4 is 5.76 Å². The Morgan fingerprint density at radius 1 is 1.20 bits per heavy atom. The third-order valence-corrected chi connectivity index (χ3v) is 3.75. The molecule has 1 aromatic heterocycles. The molecule has 0 aliphatic carbocycles. The van der Waals surface area contributed by atoms with Gasteiger partial charge in [0.15, 0.2) is 11.4 Å². The van der Waals surface area contributed by atoms with Gasteiger partial charge < -0.3 is 4.42 Å². The fourth-order valence-corrected chi connectivity index (χ4v) is 2.64. The number of rotatable bonds is 2. The Balaban J connectivity index is 2.09. The van der Waals surface area contributed by atoms with Gasteiger partial charge in [0.25, 0.3) is 0 Å². The maximum Gasteiger partial charge on any atom is 0.417 e. The minimum absolute atomic E-state index is 0.250. The van der Waals surface area contributed by atoms with Crippen molar-refractivity contribution >= 4 is 39.5 Å². The van der Waals surface area contributed by atoms with Crippen molar-refractivity contribution < 1.29 is 13.6 Å². The fraction of sp³-hybridized carbons (Fsp3) is 0. The van der Waals surface area contributed by atoms with Crippen LogP contribution in [0.4, 0.5) is 4.39 Å². The highest BCUT2D eigenvalue weighted by Gasteiger charge is 2.14. The smallest absolute Gasteiger partial charge is 0.408 e. The normalized spacial score (nSPS) is 10.9. The Hall–Kier alpha value is -1.96. The molecule has 3 rings (SSSR count). The summed E-state index contributed by atoms with van der Waals surface area (Å²) < 4.78 is 18.5. The van der Waals surface area contributed by atoms with Crippen LogP contribution in [0.5, 0.6) is 0 Å². The molecule has 6 heteroatoms. The third-order valence-electron chi connectivity index (χ3n) is 2.86. The summed E-state index contributed by atoms with van der Waals surface area (Å²) in [5.74, 6) is -1.21. The van der Waals surface area contributed by atoms with E-state index in [9.17, 15) is 14.0 Å². The number of aromatic amines is 1. The van der Waals surface area contributed by atoms with Crippen LogP contribution in [0.15, 0.2) is 45.6 Å². The number of halogens is 2. The van der Waals surface area contributed by atoms with Gasteiger partial charge in [-0.25, -0.2) is 9.18 Å². The lowest BCUT2D eigenvalue weighted by Crippen LogP contribution is -2.03. The Kier molecular flexibility index (Phi) is 3.17. The zero-order valence-corrected chi connectivity index (χ0v) is 12.1. The first-order valence-corrected chi connectivity index (χ1v) is 6.75. The van der Waals surface area contributed by atoms with Crippen molar-refractivity contribution in [2.75, 3.05) is 0 Å². The maximum absolute atomic E-state index is 13.1. The number of fused-ring (bicyclic) bond motifs is 1. The molecule has 0 aliphatic heterocycles. The number of hydrogen-bond acceptors (Lipinski definition) is 3. The lowest BCUT2D eigenvalue weighted by atomic mass is 10.0. The summed E-state index contributed by atoms with van der Waals surface area (Å²) in [4.78, 5) is 26.0. The number of benzene rings is 2. The molecule has 2 aromatic carbocycles. The molecular weight excluding hydrogens is 376 g/mol. The van der Waals surface area contributed by atoms with Crippen molar-refractivity contribution in [3.8, 4) is 0 Å². The van der Waals surface area contributed by atoms with E-state index in [0.29, 0.717) is 25.8 Å². The van der Waals surface area contributed by atoms with Crippen LogP contribution in [0.3, 0.4) is 0 Å². The zero-order valence-electron chi connectivity index (χ0n) is 9.94. The molecular formula is C14H7FINO3. The van der Waals surface area contributed by atoms with E-state index in [1.54, 1.807) is 12.1 Å². The quantitative estimate of drug-likeness (QED) is 0.547. The number of oxazole rings is 1. The topological polar surface area (TPSA) is 63.1 Å². The largest absolute Gasteiger partial charge is 0.417 e. The van der Waals surface area contributed by atoms with Gasteiger partial charge in [0.2, 0.25) is 0 Å². The van der Waals surface area contributed by atoms with Gasteiger partial charge in [-0.1, -0.05) is 0 Å². The molecule has 0 spiro atoms. The molecule has 0 saturated carbocycles. The second kappa shape index (κ2) is 4.86. The van der Waals surface area contributed by atoms with Crippen molar-refractivity contribution in [3.63, 3.8) is 0 Å². The van der Waals surface area contributed by atoms with Gasteiger partial charge in [-0.05, 0) is 59.0 Å². The van der Waals surface area contributed by atoms with E-state index >= 15 is 0 Å². The monoisotopic (exact) mass is 383 g/mol. The van der Waals surface area contributed by atoms with Crippen LogP contribution in [0.2, 0.25) is 0 Å². The lowest BCUT2D eigenvalue weighted by Gasteiger charge is -2.04. The van der Waals surface area contributed by atoms with Gasteiger partial charge >= 0.3 is 5.76 Å². The second-order valence-corrected chi connectivity index (χ2v) is 5.34. The number of nitrogens with one attached hydrogen (secondary N) is 1. The molecule has 0 fully saturated rings. The standard InChI is InChI=1S/C14H7FINO3/c15-8-2-3-9(10(16)6-8)13(18)7-1-4-11-12(5-7)20-14(19)17-11/h1-6H,(H,17,19). The first-order chi connectivity index (χ1) is 9.54. The Morgan fingerprint density at radius 3 is 2.75 bits per heavy atom. The number of ketones is 1. The van der Waals surface area contributed by atoms with E-state index in [1.807, 2.05) is 22.6 Å². The van der Waals surface area contributed by atoms with Crippen LogP contribution in [0.1, 0.15) is 15.9 Å². The van der Waals surface area contributed by atoms with Crippen molar-refractivity contribution in [1.29, 1.82) is 0 Å². The number of H-pyrrole nitrogens is 1. The van der Waals surface area contributed by atoms with E-state index in [2.05, 4.69) is 4.98 Å². The molecule has 0 unspecified atom stereocenters. The van der Waals surface area contributed by atoms with Crippen molar-refractivity contribution in [2.45, 2.75) is 0 Å². The summed E-state index contributed by atoms with van der Waals surface area (Å²) in [5, 5.41) is 0. The van der Waals surface area contributed by atoms with Gasteiger partial charge in [0, 0.05) is 14.7 Å². The summed E-state index contributed by atoms with van der Waals surface area (Å²) >= 11 is 1.91. The molecule has 20 heavy (non-hydrogen) atoms. The van der Waals surface area contributed by atoms with Crippen molar-refractivity contribution in [1.82, 2.24) is 4.98 Å². The summed E-state index contributed by atoms with van der Waals surface area (Å²) in [6.45, 7) is 0. The highest BCUT2D eigenvalue weighted by atomic mass is 127. The summed E-state index contributed by atoms with van der Waals surface area (Å²) in [6, 6.07) is 8.67. The predicted molar refractivity (Wildman–Crippen MR) is 79.4 cm³/mol. The average Bonchev–Trinajstić information content (AvgIpc) is 2.77. The molecule has 100 valence electrons. The zero-order chi connectivity index (χ0) is 14.3. The van der Waals surface area contributed by atoms with Crippen LogP contribution in [0, 0.1) is 9.39 Å². The molecule has 4 nitrogen and oxygen atoms in total. The molecule has 0 aliphatic rings. The minimum atomic E-state index is -0.569. The van der Waals surface area contributed by atoms with E-state index in [-0.39, 0.29) is 5.78 Å². The Bertz CT molecular complexity index is 882. The first kappa shape index (κ1) is 13.0. The fourth-order valence-electron chi connectivity index (χ4n) is 1.92. The van der Waals surface area contributed by atoms with E-state index in [4.69, 9.17) is 4.42 Å². The first-order valence-electron chi connectivity index (χ1n) is 5.67. The number of carbonyl (C=O) groups is 1. The number of aromatic nitrogens is 1. The van der Waals surface area contributed by atoms with E-state index in [0.717, 1.165) is 0 Å². The minimum Gasteiger partial charge on any atom is -0.408 e. The molecule has 3 aromatic rings. The molecule has 0 saturated heterocycles. The Labute approximate surface area is 125 Å². The van der Waals surface area contributed by atoms with Crippen molar-refractivity contribution in [3.05, 3.63) is 67.5 Å². The summed E-state index contributed by atoms with van der Waals surface area (Å²) in [7, 11) is 0. The van der Waals surface area contributed by atoms with E-state index < -0.39 is 11.6 Å². The number of carbonyl (C=O) groups excluding carboxylic acids is 1. The van der Waals surface area contributed by atoms with Gasteiger partial charge in [-0.15, -0.1) is 0 Å². The number of hydrogen-bond donors (Lipinski definition) is 1. The molecule has 0 bridgehead atoms. The highest BCUT2D eigenvalue weighted by molar-refractivity contribution is 14.1. The molecule has 0 atom stereocenters. The molecule has 1 N–H and O–H groups in total. The third kappa shape index (κ3) is 2.26. The molecule has 1 heterocycles. The van der Waals surface area contributed by atoms with Crippen LogP contribution >= 0.6 is 22.6 Å².